The number of ether oxygens (including phenoxy) is 2. The van der Waals surface area contributed by atoms with Crippen molar-refractivity contribution in [2.75, 3.05) is 47.1 Å². The standard InChI is InChI=1S/C16H27N3O2S/c1-13-4-5-15(22-13)10-18-16(17-2)19-7-6-14(11-19)12-21-9-8-20-3/h4-5,14H,6-12H2,1-3H3,(H,17,18). The van der Waals surface area contributed by atoms with Gasteiger partial charge < -0.3 is 19.7 Å². The molecule has 0 saturated carbocycles. The molecule has 2 heterocycles. The number of hydrogen-bond acceptors (Lipinski definition) is 4. The van der Waals surface area contributed by atoms with E-state index < -0.39 is 0 Å². The van der Waals surface area contributed by atoms with Gasteiger partial charge in [-0.15, -0.1) is 11.3 Å². The van der Waals surface area contributed by atoms with Gasteiger partial charge in [0.1, 0.15) is 0 Å². The van der Waals surface area contributed by atoms with Crippen LogP contribution in [0.1, 0.15) is 16.2 Å². The lowest BCUT2D eigenvalue weighted by Crippen LogP contribution is -2.39. The summed E-state index contributed by atoms with van der Waals surface area (Å²) in [6.07, 6.45) is 1.16. The molecule has 1 aromatic rings. The van der Waals surface area contributed by atoms with E-state index in [4.69, 9.17) is 9.47 Å². The van der Waals surface area contributed by atoms with E-state index in [9.17, 15) is 0 Å². The van der Waals surface area contributed by atoms with E-state index in [-0.39, 0.29) is 0 Å². The van der Waals surface area contributed by atoms with Gasteiger partial charge in [-0.3, -0.25) is 4.99 Å². The largest absolute Gasteiger partial charge is 0.382 e. The molecular formula is C16H27N3O2S. The topological polar surface area (TPSA) is 46.1 Å². The van der Waals surface area contributed by atoms with Crippen LogP contribution in [0.2, 0.25) is 0 Å². The average Bonchev–Trinajstić information content (AvgIpc) is 3.14. The number of rotatable bonds is 7. The van der Waals surface area contributed by atoms with Crippen LogP contribution in [0.5, 0.6) is 0 Å². The number of aliphatic imine (C=N–C) groups is 1. The van der Waals surface area contributed by atoms with E-state index in [1.165, 1.54) is 9.75 Å². The number of likely N-dealkylation sites (tertiary alicyclic amines) is 1. The summed E-state index contributed by atoms with van der Waals surface area (Å²) in [7, 11) is 3.55. The first-order valence-electron chi connectivity index (χ1n) is 7.80. The van der Waals surface area contributed by atoms with Crippen LogP contribution in [-0.2, 0) is 16.0 Å². The molecule has 1 aromatic heterocycles. The van der Waals surface area contributed by atoms with E-state index in [0.29, 0.717) is 19.1 Å². The Morgan fingerprint density at radius 2 is 2.32 bits per heavy atom. The molecule has 5 nitrogen and oxygen atoms in total. The Kier molecular flexibility index (Phi) is 7.15. The number of hydrogen-bond donors (Lipinski definition) is 1. The minimum Gasteiger partial charge on any atom is -0.382 e. The molecule has 0 aromatic carbocycles. The Morgan fingerprint density at radius 3 is 3.00 bits per heavy atom. The fourth-order valence-electron chi connectivity index (χ4n) is 2.63. The third kappa shape index (κ3) is 5.26. The predicted octanol–water partition coefficient (Wildman–Crippen LogP) is 2.12. The van der Waals surface area contributed by atoms with Crippen LogP contribution >= 0.6 is 11.3 Å². The molecule has 22 heavy (non-hydrogen) atoms. The number of aryl methyl sites for hydroxylation is 1. The molecule has 0 spiro atoms. The maximum absolute atomic E-state index is 5.64. The highest BCUT2D eigenvalue weighted by atomic mass is 32.1. The summed E-state index contributed by atoms with van der Waals surface area (Å²) >= 11 is 1.83. The molecule has 6 heteroatoms. The third-order valence-corrected chi connectivity index (χ3v) is 4.80. The van der Waals surface area contributed by atoms with Crippen LogP contribution in [0.25, 0.3) is 0 Å². The minimum atomic E-state index is 0.583. The van der Waals surface area contributed by atoms with Crippen LogP contribution in [-0.4, -0.2) is 57.9 Å². The van der Waals surface area contributed by atoms with Crippen LogP contribution in [0.3, 0.4) is 0 Å². The van der Waals surface area contributed by atoms with Gasteiger partial charge >= 0.3 is 0 Å². The lowest BCUT2D eigenvalue weighted by Gasteiger charge is -2.21. The lowest BCUT2D eigenvalue weighted by molar-refractivity contribution is 0.0536. The van der Waals surface area contributed by atoms with Crippen molar-refractivity contribution in [2.24, 2.45) is 10.9 Å². The second-order valence-corrected chi connectivity index (χ2v) is 6.95. The highest BCUT2D eigenvalue weighted by Gasteiger charge is 2.24. The summed E-state index contributed by atoms with van der Waals surface area (Å²) < 4.78 is 10.6. The van der Waals surface area contributed by atoms with Gasteiger partial charge in [0.05, 0.1) is 26.4 Å². The van der Waals surface area contributed by atoms with E-state index in [0.717, 1.165) is 38.6 Å². The number of thiophene rings is 1. The molecule has 0 amide bonds. The maximum Gasteiger partial charge on any atom is 0.193 e. The van der Waals surface area contributed by atoms with Gasteiger partial charge in [0, 0.05) is 42.9 Å². The zero-order valence-electron chi connectivity index (χ0n) is 13.8. The molecule has 0 radical (unpaired) electrons. The summed E-state index contributed by atoms with van der Waals surface area (Å²) in [5, 5.41) is 3.46. The van der Waals surface area contributed by atoms with Crippen molar-refractivity contribution in [3.63, 3.8) is 0 Å². The Labute approximate surface area is 137 Å². The van der Waals surface area contributed by atoms with Gasteiger partial charge in [-0.2, -0.15) is 0 Å². The molecule has 1 aliphatic heterocycles. The van der Waals surface area contributed by atoms with Gasteiger partial charge in [-0.25, -0.2) is 0 Å². The molecule has 0 aliphatic carbocycles. The summed E-state index contributed by atoms with van der Waals surface area (Å²) in [4.78, 5) is 9.43. The van der Waals surface area contributed by atoms with Crippen molar-refractivity contribution >= 4 is 17.3 Å². The van der Waals surface area contributed by atoms with Crippen molar-refractivity contribution in [3.05, 3.63) is 21.9 Å². The van der Waals surface area contributed by atoms with Gasteiger partial charge in [0.15, 0.2) is 5.96 Å². The third-order valence-electron chi connectivity index (χ3n) is 3.80. The highest BCUT2D eigenvalue weighted by molar-refractivity contribution is 7.11. The molecule has 2 rings (SSSR count). The maximum atomic E-state index is 5.64. The Hall–Kier alpha value is -1.11. The molecule has 1 atom stereocenters. The Morgan fingerprint density at radius 1 is 1.45 bits per heavy atom. The molecule has 1 N–H and O–H groups in total. The molecule has 1 unspecified atom stereocenters. The SMILES string of the molecule is CN=C(NCc1ccc(C)s1)N1CCC(COCCOC)C1. The van der Waals surface area contributed by atoms with Gasteiger partial charge in [-0.05, 0) is 25.5 Å². The van der Waals surface area contributed by atoms with Crippen molar-refractivity contribution in [1.29, 1.82) is 0 Å². The highest BCUT2D eigenvalue weighted by Crippen LogP contribution is 2.18. The number of guanidine groups is 1. The molecule has 1 aliphatic rings. The normalized spacial score (nSPS) is 19.0. The van der Waals surface area contributed by atoms with Crippen molar-refractivity contribution in [2.45, 2.75) is 19.9 Å². The molecule has 1 saturated heterocycles. The summed E-state index contributed by atoms with van der Waals surface area (Å²) in [5.74, 6) is 1.57. The second kappa shape index (κ2) is 9.12. The van der Waals surface area contributed by atoms with Crippen LogP contribution < -0.4 is 5.32 Å². The monoisotopic (exact) mass is 325 g/mol. The second-order valence-electron chi connectivity index (χ2n) is 5.58. The fraction of sp³-hybridized carbons (Fsp3) is 0.688. The summed E-state index contributed by atoms with van der Waals surface area (Å²) in [5.41, 5.74) is 0. The molecule has 124 valence electrons. The van der Waals surface area contributed by atoms with Gasteiger partial charge in [-0.1, -0.05) is 0 Å². The van der Waals surface area contributed by atoms with Crippen LogP contribution in [0.15, 0.2) is 17.1 Å². The minimum absolute atomic E-state index is 0.583. The van der Waals surface area contributed by atoms with Crippen molar-refractivity contribution in [1.82, 2.24) is 10.2 Å². The summed E-state index contributed by atoms with van der Waals surface area (Å²) in [6.45, 7) is 7.18. The smallest absolute Gasteiger partial charge is 0.193 e. The van der Waals surface area contributed by atoms with E-state index >= 15 is 0 Å². The first kappa shape index (κ1) is 17.2. The predicted molar refractivity (Wildman–Crippen MR) is 91.6 cm³/mol. The van der Waals surface area contributed by atoms with Crippen molar-refractivity contribution < 1.29 is 9.47 Å². The fourth-order valence-corrected chi connectivity index (χ4v) is 3.46. The van der Waals surface area contributed by atoms with Gasteiger partial charge in [0.2, 0.25) is 0 Å². The molecular weight excluding hydrogens is 298 g/mol. The Bertz CT molecular complexity index is 476. The van der Waals surface area contributed by atoms with Crippen LogP contribution in [0.4, 0.5) is 0 Å². The lowest BCUT2D eigenvalue weighted by atomic mass is 10.1. The van der Waals surface area contributed by atoms with Crippen LogP contribution in [0, 0.1) is 12.8 Å². The number of methoxy groups -OCH3 is 1. The number of nitrogens with zero attached hydrogens (tertiary/aromatic N) is 2. The van der Waals surface area contributed by atoms with E-state index in [2.05, 4.69) is 34.3 Å². The molecule has 1 fully saturated rings. The van der Waals surface area contributed by atoms with Crippen molar-refractivity contribution in [3.8, 4) is 0 Å². The first-order chi connectivity index (χ1) is 10.7. The van der Waals surface area contributed by atoms with E-state index in [1.54, 1.807) is 7.11 Å². The Balaban J connectivity index is 1.73. The zero-order valence-corrected chi connectivity index (χ0v) is 14.6. The number of nitrogens with one attached hydrogen (secondary N) is 1. The zero-order chi connectivity index (χ0) is 15.8. The quantitative estimate of drug-likeness (QED) is 0.474. The van der Waals surface area contributed by atoms with E-state index in [1.807, 2.05) is 18.4 Å². The van der Waals surface area contributed by atoms with Gasteiger partial charge in [0.25, 0.3) is 0 Å². The molecule has 0 bridgehead atoms. The summed E-state index contributed by atoms with van der Waals surface area (Å²) in [6, 6.07) is 4.34. The average molecular weight is 325 g/mol. The first-order valence-corrected chi connectivity index (χ1v) is 8.62.